The lowest BCUT2D eigenvalue weighted by atomic mass is 10.0. The van der Waals surface area contributed by atoms with E-state index < -0.39 is 5.91 Å². The predicted molar refractivity (Wildman–Crippen MR) is 134 cm³/mol. The Kier molecular flexibility index (Phi) is 9.91. The minimum Gasteiger partial charge on any atom is -0.488 e. The van der Waals surface area contributed by atoms with E-state index in [2.05, 4.69) is 24.1 Å². The van der Waals surface area contributed by atoms with Crippen molar-refractivity contribution in [2.75, 3.05) is 19.7 Å². The van der Waals surface area contributed by atoms with Crippen LogP contribution in [0.15, 0.2) is 54.1 Å². The average Bonchev–Trinajstić information content (AvgIpc) is 2.85. The number of benzene rings is 2. The maximum atomic E-state index is 13.2. The number of hydroxylamine groups is 1. The lowest BCUT2D eigenvalue weighted by Gasteiger charge is -2.35. The van der Waals surface area contributed by atoms with E-state index in [1.165, 1.54) is 0 Å². The lowest BCUT2D eigenvalue weighted by Crippen LogP contribution is -2.47. The molecule has 2 aromatic carbocycles. The van der Waals surface area contributed by atoms with Gasteiger partial charge in [0.2, 0.25) is 5.91 Å². The molecule has 1 heterocycles. The van der Waals surface area contributed by atoms with E-state index in [0.717, 1.165) is 48.9 Å². The summed E-state index contributed by atoms with van der Waals surface area (Å²) in [6.45, 7) is 6.56. The summed E-state index contributed by atoms with van der Waals surface area (Å²) in [5.41, 5.74) is 2.25. The Morgan fingerprint density at radius 1 is 1.12 bits per heavy atom. The summed E-state index contributed by atoms with van der Waals surface area (Å²) in [4.78, 5) is 26.8. The number of allylic oxidation sites excluding steroid dienone is 1. The molecule has 2 aromatic rings. The van der Waals surface area contributed by atoms with Crippen molar-refractivity contribution >= 4 is 22.6 Å². The monoisotopic (exact) mass is 467 g/mol. The van der Waals surface area contributed by atoms with Crippen LogP contribution in [-0.4, -0.2) is 53.7 Å². The van der Waals surface area contributed by atoms with E-state index in [-0.39, 0.29) is 25.0 Å². The van der Waals surface area contributed by atoms with Gasteiger partial charge in [0.15, 0.2) is 0 Å². The maximum absolute atomic E-state index is 13.2. The molecule has 0 bridgehead atoms. The van der Waals surface area contributed by atoms with Crippen molar-refractivity contribution in [3.8, 4) is 5.75 Å². The van der Waals surface area contributed by atoms with Gasteiger partial charge < -0.3 is 15.0 Å². The number of ether oxygens (including phenoxy) is 1. The molecule has 0 unspecified atom stereocenters. The van der Waals surface area contributed by atoms with E-state index in [1.54, 1.807) is 5.48 Å². The van der Waals surface area contributed by atoms with Gasteiger partial charge in [-0.15, -0.1) is 0 Å². The van der Waals surface area contributed by atoms with Crippen LogP contribution in [-0.2, 0) is 9.59 Å². The van der Waals surface area contributed by atoms with Gasteiger partial charge in [0.1, 0.15) is 12.4 Å². The van der Waals surface area contributed by atoms with Gasteiger partial charge in [0.05, 0.1) is 5.57 Å². The SMILES string of the molecule is CC(C)N1CCC(NC(=O)C(=CCCCCC(=O)NO)COc2cccc3ccccc23)CC1. The van der Waals surface area contributed by atoms with Crippen molar-refractivity contribution in [1.82, 2.24) is 15.7 Å². The second-order valence-electron chi connectivity index (χ2n) is 9.15. The number of unbranched alkanes of at least 4 members (excludes halogenated alkanes) is 2. The van der Waals surface area contributed by atoms with Crippen molar-refractivity contribution in [3.05, 3.63) is 54.1 Å². The Labute approximate surface area is 202 Å². The summed E-state index contributed by atoms with van der Waals surface area (Å²) in [6, 6.07) is 14.6. The van der Waals surface area contributed by atoms with Gasteiger partial charge in [0, 0.05) is 37.0 Å². The molecular weight excluding hydrogens is 430 g/mol. The molecule has 1 aliphatic heterocycles. The molecule has 7 nitrogen and oxygen atoms in total. The zero-order valence-corrected chi connectivity index (χ0v) is 20.3. The largest absolute Gasteiger partial charge is 0.488 e. The van der Waals surface area contributed by atoms with Crippen LogP contribution in [0.4, 0.5) is 0 Å². The van der Waals surface area contributed by atoms with Crippen LogP contribution in [0.3, 0.4) is 0 Å². The number of likely N-dealkylation sites (tertiary alicyclic amines) is 1. The Bertz CT molecular complexity index is 976. The number of piperidine rings is 1. The molecule has 0 spiro atoms. The second kappa shape index (κ2) is 13.1. The molecule has 1 fully saturated rings. The van der Waals surface area contributed by atoms with Gasteiger partial charge >= 0.3 is 0 Å². The van der Waals surface area contributed by atoms with Gasteiger partial charge in [0.25, 0.3) is 5.91 Å². The van der Waals surface area contributed by atoms with Gasteiger partial charge in [-0.25, -0.2) is 5.48 Å². The second-order valence-corrected chi connectivity index (χ2v) is 9.15. The highest BCUT2D eigenvalue weighted by Gasteiger charge is 2.23. The first-order valence-electron chi connectivity index (χ1n) is 12.3. The van der Waals surface area contributed by atoms with E-state index in [1.807, 2.05) is 48.5 Å². The van der Waals surface area contributed by atoms with Crippen LogP contribution >= 0.6 is 0 Å². The quantitative estimate of drug-likeness (QED) is 0.199. The fourth-order valence-electron chi connectivity index (χ4n) is 4.29. The Hall–Kier alpha value is -2.90. The van der Waals surface area contributed by atoms with Gasteiger partial charge in [-0.1, -0.05) is 42.5 Å². The summed E-state index contributed by atoms with van der Waals surface area (Å²) in [7, 11) is 0. The van der Waals surface area contributed by atoms with E-state index >= 15 is 0 Å². The third kappa shape index (κ3) is 7.57. The van der Waals surface area contributed by atoms with Crippen molar-refractivity contribution in [2.45, 2.75) is 64.5 Å². The zero-order chi connectivity index (χ0) is 24.3. The highest BCUT2D eigenvalue weighted by molar-refractivity contribution is 5.94. The van der Waals surface area contributed by atoms with Crippen LogP contribution in [0.1, 0.15) is 52.4 Å². The molecule has 184 valence electrons. The normalized spacial score (nSPS) is 15.5. The van der Waals surface area contributed by atoms with Crippen LogP contribution < -0.4 is 15.5 Å². The molecule has 1 aliphatic rings. The zero-order valence-electron chi connectivity index (χ0n) is 20.3. The summed E-state index contributed by atoms with van der Waals surface area (Å²) in [5.74, 6) is 0.270. The molecule has 0 saturated carbocycles. The Balaban J connectivity index is 1.63. The molecule has 34 heavy (non-hydrogen) atoms. The predicted octanol–water partition coefficient (Wildman–Crippen LogP) is 4.20. The summed E-state index contributed by atoms with van der Waals surface area (Å²) in [5, 5.41) is 13.9. The third-order valence-electron chi connectivity index (χ3n) is 6.39. The molecule has 0 radical (unpaired) electrons. The molecule has 0 atom stereocenters. The van der Waals surface area contributed by atoms with Crippen LogP contribution in [0.2, 0.25) is 0 Å². The van der Waals surface area contributed by atoms with Gasteiger partial charge in [-0.3, -0.25) is 14.8 Å². The summed E-state index contributed by atoms with van der Waals surface area (Å²) >= 11 is 0. The Morgan fingerprint density at radius 2 is 1.85 bits per heavy atom. The Morgan fingerprint density at radius 3 is 2.59 bits per heavy atom. The van der Waals surface area contributed by atoms with Crippen molar-refractivity contribution < 1.29 is 19.5 Å². The number of nitrogens with one attached hydrogen (secondary N) is 2. The summed E-state index contributed by atoms with van der Waals surface area (Å²) < 4.78 is 6.12. The topological polar surface area (TPSA) is 90.9 Å². The molecular formula is C27H37N3O4. The number of amides is 2. The molecule has 3 N–H and O–H groups in total. The minimum absolute atomic E-state index is 0.0867. The standard InChI is InChI=1S/C27H37N3O4/c1-20(2)30-17-15-23(16-18-30)28-27(32)22(10-4-3-5-14-26(31)29-33)19-34-25-13-8-11-21-9-6-7-12-24(21)25/h6-13,20,23,33H,3-5,14-19H2,1-2H3,(H,28,32)(H,29,31). The molecule has 1 saturated heterocycles. The van der Waals surface area contributed by atoms with E-state index in [0.29, 0.717) is 24.5 Å². The number of hydrogen-bond acceptors (Lipinski definition) is 5. The average molecular weight is 468 g/mol. The molecule has 7 heteroatoms. The number of carbonyl (C=O) groups is 2. The van der Waals surface area contributed by atoms with Gasteiger partial charge in [-0.2, -0.15) is 0 Å². The van der Waals surface area contributed by atoms with Crippen molar-refractivity contribution in [1.29, 1.82) is 0 Å². The van der Waals surface area contributed by atoms with E-state index in [4.69, 9.17) is 9.94 Å². The molecule has 0 aliphatic carbocycles. The highest BCUT2D eigenvalue weighted by Crippen LogP contribution is 2.25. The molecule has 3 rings (SSSR count). The third-order valence-corrected chi connectivity index (χ3v) is 6.39. The van der Waals surface area contributed by atoms with Gasteiger partial charge in [-0.05, 0) is 57.4 Å². The number of carbonyl (C=O) groups excluding carboxylic acids is 2. The minimum atomic E-state index is -0.394. The fraction of sp³-hybridized carbons (Fsp3) is 0.481. The summed E-state index contributed by atoms with van der Waals surface area (Å²) in [6.07, 6.45) is 6.09. The molecule has 2 amide bonds. The number of rotatable bonds is 11. The maximum Gasteiger partial charge on any atom is 0.250 e. The van der Waals surface area contributed by atoms with Crippen molar-refractivity contribution in [3.63, 3.8) is 0 Å². The first-order valence-corrected chi connectivity index (χ1v) is 12.3. The van der Waals surface area contributed by atoms with Crippen LogP contribution in [0.5, 0.6) is 5.75 Å². The van der Waals surface area contributed by atoms with Crippen LogP contribution in [0.25, 0.3) is 10.8 Å². The number of fused-ring (bicyclic) bond motifs is 1. The lowest BCUT2D eigenvalue weighted by molar-refractivity contribution is -0.129. The van der Waals surface area contributed by atoms with Crippen molar-refractivity contribution in [2.24, 2.45) is 0 Å². The van der Waals surface area contributed by atoms with E-state index in [9.17, 15) is 9.59 Å². The van der Waals surface area contributed by atoms with Crippen LogP contribution in [0, 0.1) is 0 Å². The highest BCUT2D eigenvalue weighted by atomic mass is 16.5. The number of nitrogens with zero attached hydrogens (tertiary/aromatic N) is 1. The fourth-order valence-corrected chi connectivity index (χ4v) is 4.29. The smallest absolute Gasteiger partial charge is 0.250 e. The first-order chi connectivity index (χ1) is 16.5. The number of hydrogen-bond donors (Lipinski definition) is 3. The molecule has 0 aromatic heterocycles. The first kappa shape index (κ1) is 25.7.